The summed E-state index contributed by atoms with van der Waals surface area (Å²) >= 11 is 0. The summed E-state index contributed by atoms with van der Waals surface area (Å²) in [6.07, 6.45) is -3.70. The molecule has 0 aliphatic rings. The van der Waals surface area contributed by atoms with Crippen molar-refractivity contribution in [2.45, 2.75) is 31.9 Å². The third-order valence-electron chi connectivity index (χ3n) is 2.66. The Kier molecular flexibility index (Phi) is 4.21. The average molecular weight is 261 g/mol. The van der Waals surface area contributed by atoms with Crippen molar-refractivity contribution in [3.05, 3.63) is 29.3 Å². The molecule has 0 amide bonds. The number of alkyl halides is 3. The van der Waals surface area contributed by atoms with Crippen molar-refractivity contribution >= 4 is 11.7 Å². The maximum absolute atomic E-state index is 12.6. The van der Waals surface area contributed by atoms with Gasteiger partial charge in [-0.3, -0.25) is 4.79 Å². The summed E-state index contributed by atoms with van der Waals surface area (Å²) < 4.78 is 37.7. The summed E-state index contributed by atoms with van der Waals surface area (Å²) in [7, 11) is 0. The standard InChI is InChI=1S/C12H14F3NO2/c1-2-3-8(11(17)18)9-6-7(12(13,14)15)4-5-10(9)16/h4-6,8H,2-3,16H2,1H3,(H,17,18). The number of rotatable bonds is 4. The molecule has 0 spiro atoms. The van der Waals surface area contributed by atoms with Crippen molar-refractivity contribution in [3.8, 4) is 0 Å². The van der Waals surface area contributed by atoms with Gasteiger partial charge in [0.15, 0.2) is 0 Å². The predicted octanol–water partition coefficient (Wildman–Crippen LogP) is 3.26. The molecule has 3 nitrogen and oxygen atoms in total. The number of anilines is 1. The van der Waals surface area contributed by atoms with E-state index in [1.54, 1.807) is 6.92 Å². The Morgan fingerprint density at radius 1 is 1.44 bits per heavy atom. The van der Waals surface area contributed by atoms with E-state index >= 15 is 0 Å². The first-order chi connectivity index (χ1) is 8.27. The second-order valence-electron chi connectivity index (χ2n) is 4.02. The lowest BCUT2D eigenvalue weighted by Gasteiger charge is -2.16. The molecule has 1 unspecified atom stereocenters. The fraction of sp³-hybridized carbons (Fsp3) is 0.417. The maximum atomic E-state index is 12.6. The van der Waals surface area contributed by atoms with Gasteiger partial charge >= 0.3 is 12.1 Å². The molecule has 1 rings (SSSR count). The number of halogens is 3. The predicted molar refractivity (Wildman–Crippen MR) is 61.1 cm³/mol. The molecule has 1 atom stereocenters. The van der Waals surface area contributed by atoms with Crippen molar-refractivity contribution in [2.75, 3.05) is 5.73 Å². The molecule has 0 fully saturated rings. The molecule has 0 saturated carbocycles. The molecule has 0 saturated heterocycles. The molecule has 1 aromatic rings. The van der Waals surface area contributed by atoms with Crippen LogP contribution in [0, 0.1) is 0 Å². The smallest absolute Gasteiger partial charge is 0.416 e. The van der Waals surface area contributed by atoms with Gasteiger partial charge in [-0.1, -0.05) is 13.3 Å². The number of aliphatic carboxylic acids is 1. The van der Waals surface area contributed by atoms with Crippen molar-refractivity contribution in [3.63, 3.8) is 0 Å². The lowest BCUT2D eigenvalue weighted by atomic mass is 9.92. The number of nitrogens with two attached hydrogens (primary N) is 1. The summed E-state index contributed by atoms with van der Waals surface area (Å²) in [5, 5.41) is 9.04. The Morgan fingerprint density at radius 2 is 2.06 bits per heavy atom. The summed E-state index contributed by atoms with van der Waals surface area (Å²) in [6, 6.07) is 2.78. The Morgan fingerprint density at radius 3 is 2.50 bits per heavy atom. The van der Waals surface area contributed by atoms with Crippen molar-refractivity contribution < 1.29 is 23.1 Å². The van der Waals surface area contributed by atoms with E-state index in [0.29, 0.717) is 6.42 Å². The van der Waals surface area contributed by atoms with E-state index in [-0.39, 0.29) is 17.7 Å². The van der Waals surface area contributed by atoms with Crippen LogP contribution in [-0.4, -0.2) is 11.1 Å². The lowest BCUT2D eigenvalue weighted by Crippen LogP contribution is -2.15. The minimum Gasteiger partial charge on any atom is -0.481 e. The molecule has 6 heteroatoms. The largest absolute Gasteiger partial charge is 0.481 e. The minimum atomic E-state index is -4.50. The Balaban J connectivity index is 3.25. The Bertz CT molecular complexity index is 443. The van der Waals surface area contributed by atoms with Gasteiger partial charge in [-0.2, -0.15) is 13.2 Å². The third kappa shape index (κ3) is 3.15. The van der Waals surface area contributed by atoms with Crippen molar-refractivity contribution in [1.29, 1.82) is 0 Å². The Hall–Kier alpha value is -1.72. The SMILES string of the molecule is CCCC(C(=O)O)c1cc(C(F)(F)F)ccc1N. The van der Waals surface area contributed by atoms with Crippen LogP contribution in [0.4, 0.5) is 18.9 Å². The molecule has 18 heavy (non-hydrogen) atoms. The highest BCUT2D eigenvalue weighted by atomic mass is 19.4. The van der Waals surface area contributed by atoms with Crippen molar-refractivity contribution in [1.82, 2.24) is 0 Å². The van der Waals surface area contributed by atoms with E-state index in [0.717, 1.165) is 18.2 Å². The van der Waals surface area contributed by atoms with Crippen LogP contribution in [0.15, 0.2) is 18.2 Å². The average Bonchev–Trinajstić information content (AvgIpc) is 2.25. The molecule has 0 aliphatic carbocycles. The van der Waals surface area contributed by atoms with Gasteiger partial charge in [-0.15, -0.1) is 0 Å². The van der Waals surface area contributed by atoms with E-state index in [9.17, 15) is 18.0 Å². The molecule has 0 radical (unpaired) electrons. The second-order valence-corrected chi connectivity index (χ2v) is 4.02. The molecular formula is C12H14F3NO2. The number of hydrogen-bond acceptors (Lipinski definition) is 2. The van der Waals surface area contributed by atoms with Gasteiger partial charge in [0.05, 0.1) is 11.5 Å². The zero-order valence-corrected chi connectivity index (χ0v) is 9.79. The topological polar surface area (TPSA) is 63.3 Å². The number of carboxylic acids is 1. The van der Waals surface area contributed by atoms with Gasteiger partial charge < -0.3 is 10.8 Å². The molecule has 3 N–H and O–H groups in total. The highest BCUT2D eigenvalue weighted by Crippen LogP contribution is 2.34. The third-order valence-corrected chi connectivity index (χ3v) is 2.66. The van der Waals surface area contributed by atoms with Crippen LogP contribution >= 0.6 is 0 Å². The monoisotopic (exact) mass is 261 g/mol. The highest BCUT2D eigenvalue weighted by molar-refractivity contribution is 5.78. The fourth-order valence-electron chi connectivity index (χ4n) is 1.75. The summed E-state index contributed by atoms with van der Waals surface area (Å²) in [5.41, 5.74) is 4.79. The van der Waals surface area contributed by atoms with Gasteiger partial charge in [0.2, 0.25) is 0 Å². The maximum Gasteiger partial charge on any atom is 0.416 e. The van der Waals surface area contributed by atoms with E-state index in [1.165, 1.54) is 0 Å². The van der Waals surface area contributed by atoms with E-state index in [1.807, 2.05) is 0 Å². The second kappa shape index (κ2) is 5.29. The van der Waals surface area contributed by atoms with E-state index in [4.69, 9.17) is 10.8 Å². The lowest BCUT2D eigenvalue weighted by molar-refractivity contribution is -0.140. The normalized spacial score (nSPS) is 13.3. The number of nitrogen functional groups attached to an aromatic ring is 1. The van der Waals surface area contributed by atoms with Crippen LogP contribution in [0.3, 0.4) is 0 Å². The minimum absolute atomic E-state index is 0.0270. The molecule has 1 aromatic carbocycles. The number of carboxylic acid groups (broad SMARTS) is 1. The number of carbonyl (C=O) groups is 1. The van der Waals surface area contributed by atoms with Crippen LogP contribution in [-0.2, 0) is 11.0 Å². The molecule has 100 valence electrons. The summed E-state index contributed by atoms with van der Waals surface area (Å²) in [4.78, 5) is 11.1. The zero-order valence-electron chi connectivity index (χ0n) is 9.79. The summed E-state index contributed by atoms with van der Waals surface area (Å²) in [5.74, 6) is -2.17. The molecular weight excluding hydrogens is 247 g/mol. The zero-order chi connectivity index (χ0) is 13.9. The Labute approximate surface area is 102 Å². The summed E-state index contributed by atoms with van der Waals surface area (Å²) in [6.45, 7) is 1.76. The number of benzene rings is 1. The first kappa shape index (κ1) is 14.3. The molecule has 0 heterocycles. The van der Waals surface area contributed by atoms with Crippen LogP contribution in [0.25, 0.3) is 0 Å². The van der Waals surface area contributed by atoms with Crippen LogP contribution in [0.1, 0.15) is 36.8 Å². The quantitative estimate of drug-likeness (QED) is 0.818. The fourth-order valence-corrected chi connectivity index (χ4v) is 1.75. The van der Waals surface area contributed by atoms with Gasteiger partial charge in [0.1, 0.15) is 0 Å². The number of hydrogen-bond donors (Lipinski definition) is 2. The van der Waals surface area contributed by atoms with Crippen LogP contribution in [0.5, 0.6) is 0 Å². The molecule has 0 aromatic heterocycles. The first-order valence-electron chi connectivity index (χ1n) is 5.46. The van der Waals surface area contributed by atoms with Gasteiger partial charge in [0, 0.05) is 5.69 Å². The van der Waals surface area contributed by atoms with Crippen LogP contribution in [0.2, 0.25) is 0 Å². The highest BCUT2D eigenvalue weighted by Gasteiger charge is 2.32. The van der Waals surface area contributed by atoms with Gasteiger partial charge in [-0.25, -0.2) is 0 Å². The molecule has 0 bridgehead atoms. The van der Waals surface area contributed by atoms with E-state index < -0.39 is 23.6 Å². The first-order valence-corrected chi connectivity index (χ1v) is 5.46. The van der Waals surface area contributed by atoms with Gasteiger partial charge in [-0.05, 0) is 30.2 Å². The van der Waals surface area contributed by atoms with Crippen LogP contribution < -0.4 is 5.73 Å². The van der Waals surface area contributed by atoms with Crippen molar-refractivity contribution in [2.24, 2.45) is 0 Å². The van der Waals surface area contributed by atoms with E-state index in [2.05, 4.69) is 0 Å². The van der Waals surface area contributed by atoms with Gasteiger partial charge in [0.25, 0.3) is 0 Å². The molecule has 0 aliphatic heterocycles.